The van der Waals surface area contributed by atoms with E-state index in [2.05, 4.69) is 22.9 Å². The number of thiazole rings is 1. The topological polar surface area (TPSA) is 42.1 Å². The highest BCUT2D eigenvalue weighted by molar-refractivity contribution is 7.16. The zero-order valence-corrected chi connectivity index (χ0v) is 11.1. The largest absolute Gasteiger partial charge is 0.375 e. The summed E-state index contributed by atoms with van der Waals surface area (Å²) in [5.41, 5.74) is 8.57. The minimum Gasteiger partial charge on any atom is -0.375 e. The van der Waals surface area contributed by atoms with Gasteiger partial charge in [0.15, 0.2) is 5.13 Å². The molecule has 1 unspecified atom stereocenters. The van der Waals surface area contributed by atoms with Crippen molar-refractivity contribution in [3.05, 3.63) is 16.6 Å². The molecule has 3 rings (SSSR count). The van der Waals surface area contributed by atoms with Gasteiger partial charge in [0.25, 0.3) is 0 Å². The molecule has 1 aromatic rings. The maximum atomic E-state index is 5.84. The lowest BCUT2D eigenvalue weighted by Gasteiger charge is -2.38. The molecule has 1 aliphatic carbocycles. The maximum absolute atomic E-state index is 5.84. The average Bonchev–Trinajstić information content (AvgIpc) is 2.70. The number of hydrogen-bond acceptors (Lipinski definition) is 4. The van der Waals surface area contributed by atoms with Crippen molar-refractivity contribution in [1.29, 1.82) is 0 Å². The smallest absolute Gasteiger partial charge is 0.180 e. The molecule has 0 radical (unpaired) electrons. The van der Waals surface area contributed by atoms with Gasteiger partial charge in [-0.05, 0) is 37.8 Å². The number of nitrogen functional groups attached to an aromatic ring is 1. The van der Waals surface area contributed by atoms with Crippen LogP contribution in [0.4, 0.5) is 5.13 Å². The molecule has 1 aliphatic heterocycles. The predicted molar refractivity (Wildman–Crippen MR) is 73.1 cm³/mol. The maximum Gasteiger partial charge on any atom is 0.180 e. The number of aryl methyl sites for hydroxylation is 1. The normalized spacial score (nSPS) is 24.1. The summed E-state index contributed by atoms with van der Waals surface area (Å²) in [5.74, 6) is 0. The second-order valence-electron chi connectivity index (χ2n) is 4.87. The Labute approximate surface area is 106 Å². The van der Waals surface area contributed by atoms with E-state index in [-0.39, 0.29) is 0 Å². The van der Waals surface area contributed by atoms with Crippen LogP contribution in [0.1, 0.15) is 36.8 Å². The van der Waals surface area contributed by atoms with Gasteiger partial charge in [0.2, 0.25) is 0 Å². The van der Waals surface area contributed by atoms with E-state index in [0.29, 0.717) is 6.04 Å². The number of anilines is 1. The lowest BCUT2D eigenvalue weighted by molar-refractivity contribution is 0.219. The van der Waals surface area contributed by atoms with Gasteiger partial charge in [0.1, 0.15) is 0 Å². The summed E-state index contributed by atoms with van der Waals surface area (Å²) < 4.78 is 0. The van der Waals surface area contributed by atoms with Gasteiger partial charge in [0, 0.05) is 12.6 Å². The van der Waals surface area contributed by atoms with Gasteiger partial charge < -0.3 is 5.73 Å². The number of fused-ring (bicyclic) bond motifs is 3. The number of rotatable bonds is 2. The van der Waals surface area contributed by atoms with Crippen LogP contribution in [0, 0.1) is 0 Å². The highest BCUT2D eigenvalue weighted by atomic mass is 32.1. The van der Waals surface area contributed by atoms with Crippen LogP contribution in [0.3, 0.4) is 0 Å². The molecule has 0 spiro atoms. The molecule has 0 fully saturated rings. The lowest BCUT2D eigenvalue weighted by atomic mass is 9.88. The molecule has 2 N–H and O–H groups in total. The molecule has 1 atom stereocenters. The van der Waals surface area contributed by atoms with Gasteiger partial charge in [-0.1, -0.05) is 24.3 Å². The van der Waals surface area contributed by atoms with Crippen molar-refractivity contribution >= 4 is 22.0 Å². The van der Waals surface area contributed by atoms with Gasteiger partial charge in [-0.3, -0.25) is 4.90 Å². The van der Waals surface area contributed by atoms with Crippen molar-refractivity contribution in [2.24, 2.45) is 0 Å². The second-order valence-corrected chi connectivity index (χ2v) is 5.90. The lowest BCUT2D eigenvalue weighted by Crippen LogP contribution is -2.41. The SMILES string of the molecule is CCCN1CCC=C2c3sc(N)nc3CCC21. The third kappa shape index (κ3) is 1.89. The molecule has 0 bridgehead atoms. The van der Waals surface area contributed by atoms with Crippen LogP contribution in [0.25, 0.3) is 5.57 Å². The molecule has 1 aromatic heterocycles. The Balaban J connectivity index is 1.95. The first-order valence-corrected chi connectivity index (χ1v) is 7.31. The van der Waals surface area contributed by atoms with Gasteiger partial charge in [-0.25, -0.2) is 4.98 Å². The van der Waals surface area contributed by atoms with Gasteiger partial charge in [0.05, 0.1) is 10.6 Å². The summed E-state index contributed by atoms with van der Waals surface area (Å²) >= 11 is 1.67. The Bertz CT molecular complexity index is 450. The molecule has 0 saturated heterocycles. The van der Waals surface area contributed by atoms with Crippen LogP contribution in [-0.4, -0.2) is 29.0 Å². The van der Waals surface area contributed by atoms with Crippen LogP contribution in [-0.2, 0) is 6.42 Å². The fourth-order valence-electron chi connectivity index (χ4n) is 3.05. The van der Waals surface area contributed by atoms with Crippen molar-refractivity contribution in [1.82, 2.24) is 9.88 Å². The monoisotopic (exact) mass is 249 g/mol. The average molecular weight is 249 g/mol. The van der Waals surface area contributed by atoms with Crippen LogP contribution >= 0.6 is 11.3 Å². The third-order valence-corrected chi connectivity index (χ3v) is 4.70. The van der Waals surface area contributed by atoms with Gasteiger partial charge >= 0.3 is 0 Å². The number of nitrogens with zero attached hydrogens (tertiary/aromatic N) is 2. The first kappa shape index (κ1) is 11.2. The van der Waals surface area contributed by atoms with Crippen molar-refractivity contribution in [2.75, 3.05) is 18.8 Å². The molecular formula is C13H19N3S. The van der Waals surface area contributed by atoms with E-state index in [1.165, 1.54) is 48.5 Å². The van der Waals surface area contributed by atoms with Crippen molar-refractivity contribution < 1.29 is 0 Å². The molecule has 2 aliphatic rings. The molecular weight excluding hydrogens is 230 g/mol. The highest BCUT2D eigenvalue weighted by Crippen LogP contribution is 2.40. The Hall–Kier alpha value is -0.870. The molecule has 17 heavy (non-hydrogen) atoms. The van der Waals surface area contributed by atoms with Gasteiger partial charge in [-0.15, -0.1) is 0 Å². The van der Waals surface area contributed by atoms with Crippen LogP contribution in [0.2, 0.25) is 0 Å². The Kier molecular flexibility index (Phi) is 2.92. The second kappa shape index (κ2) is 4.42. The number of hydrogen-bond donors (Lipinski definition) is 1. The van der Waals surface area contributed by atoms with Crippen molar-refractivity contribution in [2.45, 2.75) is 38.6 Å². The predicted octanol–water partition coefficient (Wildman–Crippen LogP) is 2.54. The van der Waals surface area contributed by atoms with E-state index in [4.69, 9.17) is 5.73 Å². The third-order valence-electron chi connectivity index (χ3n) is 3.72. The molecule has 0 saturated carbocycles. The summed E-state index contributed by atoms with van der Waals surface area (Å²) in [6.07, 6.45) is 7.12. The van der Waals surface area contributed by atoms with Crippen LogP contribution in [0.5, 0.6) is 0 Å². The summed E-state index contributed by atoms with van der Waals surface area (Å²) in [7, 11) is 0. The molecule has 92 valence electrons. The fraction of sp³-hybridized carbons (Fsp3) is 0.615. The summed E-state index contributed by atoms with van der Waals surface area (Å²) in [6.45, 7) is 4.69. The molecule has 4 heteroatoms. The molecule has 0 amide bonds. The summed E-state index contributed by atoms with van der Waals surface area (Å²) in [5, 5.41) is 0.726. The van der Waals surface area contributed by atoms with Crippen molar-refractivity contribution in [3.63, 3.8) is 0 Å². The number of nitrogens with two attached hydrogens (primary N) is 1. The Morgan fingerprint density at radius 2 is 2.47 bits per heavy atom. The summed E-state index contributed by atoms with van der Waals surface area (Å²) in [4.78, 5) is 8.44. The van der Waals surface area contributed by atoms with E-state index >= 15 is 0 Å². The minimum atomic E-state index is 0.621. The van der Waals surface area contributed by atoms with E-state index < -0.39 is 0 Å². The molecule has 0 aromatic carbocycles. The van der Waals surface area contributed by atoms with E-state index in [1.54, 1.807) is 11.3 Å². The Morgan fingerprint density at radius 1 is 1.59 bits per heavy atom. The van der Waals surface area contributed by atoms with E-state index in [9.17, 15) is 0 Å². The zero-order valence-electron chi connectivity index (χ0n) is 10.3. The standard InChI is InChI=1S/C13H19N3S/c1-2-7-16-8-3-4-9-11(16)6-5-10-12(9)17-13(14)15-10/h4,11H,2-3,5-8H2,1H3,(H2,14,15). The van der Waals surface area contributed by atoms with Crippen molar-refractivity contribution in [3.8, 4) is 0 Å². The van der Waals surface area contributed by atoms with E-state index in [0.717, 1.165) is 11.6 Å². The first-order chi connectivity index (χ1) is 8.29. The Morgan fingerprint density at radius 3 is 3.29 bits per heavy atom. The van der Waals surface area contributed by atoms with Crippen LogP contribution in [0.15, 0.2) is 6.08 Å². The highest BCUT2D eigenvalue weighted by Gasteiger charge is 2.32. The zero-order chi connectivity index (χ0) is 11.8. The first-order valence-electron chi connectivity index (χ1n) is 6.49. The fourth-order valence-corrected chi connectivity index (χ4v) is 4.02. The quantitative estimate of drug-likeness (QED) is 0.876. The minimum absolute atomic E-state index is 0.621. The summed E-state index contributed by atoms with van der Waals surface area (Å²) in [6, 6.07) is 0.621. The number of aromatic nitrogens is 1. The van der Waals surface area contributed by atoms with Crippen LogP contribution < -0.4 is 5.73 Å². The molecule has 3 nitrogen and oxygen atoms in total. The van der Waals surface area contributed by atoms with Gasteiger partial charge in [-0.2, -0.15) is 0 Å². The molecule has 2 heterocycles. The van der Waals surface area contributed by atoms with E-state index in [1.807, 2.05) is 0 Å².